The quantitative estimate of drug-likeness (QED) is 0.134. The molecule has 0 bridgehead atoms. The molecule has 218 valence electrons. The molecule has 0 saturated heterocycles. The van der Waals surface area contributed by atoms with Crippen molar-refractivity contribution in [3.8, 4) is 22.3 Å². The summed E-state index contributed by atoms with van der Waals surface area (Å²) in [7, 11) is 0.198. The molecule has 2 aliphatic rings. The maximum Gasteiger partial charge on any atom is 0.118 e. The number of halogens is 2. The van der Waals surface area contributed by atoms with Gasteiger partial charge in [-0.05, 0) is 116 Å². The lowest BCUT2D eigenvalue weighted by atomic mass is 9.91. The first kappa shape index (κ1) is 28.6. The van der Waals surface area contributed by atoms with E-state index in [9.17, 15) is 0 Å². The second-order valence-electron chi connectivity index (χ2n) is 12.5. The topological polar surface area (TPSA) is 0 Å². The van der Waals surface area contributed by atoms with Gasteiger partial charge in [-0.15, -0.1) is 23.2 Å². The summed E-state index contributed by atoms with van der Waals surface area (Å²) in [6.07, 6.45) is 0. The molecular weight excluding hydrogens is 603 g/mol. The molecule has 0 fully saturated rings. The summed E-state index contributed by atoms with van der Waals surface area (Å²) in [4.78, 5) is 0. The molecule has 0 spiro atoms. The van der Waals surface area contributed by atoms with Gasteiger partial charge in [0.2, 0.25) is 0 Å². The molecule has 0 nitrogen and oxygen atoms in total. The van der Waals surface area contributed by atoms with Crippen molar-refractivity contribution < 1.29 is 0 Å². The van der Waals surface area contributed by atoms with Crippen LogP contribution in [0.15, 0.2) is 132 Å². The van der Waals surface area contributed by atoms with Crippen molar-refractivity contribution in [1.82, 2.24) is 0 Å². The Bertz CT molecular complexity index is 2100. The summed E-state index contributed by atoms with van der Waals surface area (Å²) in [5.41, 5.74) is 14.6. The highest BCUT2D eigenvalue weighted by molar-refractivity contribution is 6.70. The second kappa shape index (κ2) is 10.3. The van der Waals surface area contributed by atoms with Gasteiger partial charge >= 0.3 is 0 Å². The molecule has 0 saturated carbocycles. The van der Waals surface area contributed by atoms with Gasteiger partial charge < -0.3 is 0 Å². The lowest BCUT2D eigenvalue weighted by Crippen LogP contribution is -2.40. The van der Waals surface area contributed by atoms with Gasteiger partial charge in [0, 0.05) is 0 Å². The molecule has 0 heterocycles. The Labute approximate surface area is 277 Å². The molecule has 3 heteroatoms. The maximum atomic E-state index is 7.96. The highest BCUT2D eigenvalue weighted by atomic mass is 35.5. The Hall–Kier alpha value is -3.88. The zero-order chi connectivity index (χ0) is 31.1. The minimum Gasteiger partial charge on any atom is -0.114 e. The lowest BCUT2D eigenvalue weighted by molar-refractivity contribution is 0.925. The monoisotopic (exact) mass is 634 g/mol. The number of fused-ring (bicyclic) bond motifs is 4. The van der Waals surface area contributed by atoms with Gasteiger partial charge in [0.1, 0.15) is 9.52 Å². The number of hydrogen-bond acceptors (Lipinski definition) is 0. The van der Waals surface area contributed by atoms with Crippen molar-refractivity contribution in [3.63, 3.8) is 0 Å². The molecule has 6 aromatic carbocycles. The Morgan fingerprint density at radius 2 is 0.778 bits per heavy atom. The van der Waals surface area contributed by atoms with Crippen LogP contribution in [0.2, 0.25) is 0 Å². The largest absolute Gasteiger partial charge is 0.118 e. The smallest absolute Gasteiger partial charge is 0.114 e. The van der Waals surface area contributed by atoms with E-state index in [1.165, 1.54) is 77.2 Å². The first-order valence-electron chi connectivity index (χ1n) is 15.5. The molecule has 6 aromatic rings. The molecule has 8 rings (SSSR count). The molecule has 45 heavy (non-hydrogen) atoms. The van der Waals surface area contributed by atoms with Gasteiger partial charge in [-0.25, -0.2) is 0 Å². The van der Waals surface area contributed by atoms with Gasteiger partial charge in [-0.3, -0.25) is 0 Å². The zero-order valence-electron chi connectivity index (χ0n) is 25.8. The molecule has 0 amide bonds. The van der Waals surface area contributed by atoms with Crippen LogP contribution in [0.4, 0.5) is 0 Å². The molecule has 2 radical (unpaired) electrons. The average molecular weight is 636 g/mol. The van der Waals surface area contributed by atoms with Crippen LogP contribution in [0.1, 0.15) is 49.9 Å². The van der Waals surface area contributed by atoms with Gasteiger partial charge in [0.15, 0.2) is 0 Å². The molecular formula is C42H32Cl2Si. The van der Waals surface area contributed by atoms with E-state index in [2.05, 4.69) is 149 Å². The van der Waals surface area contributed by atoms with E-state index in [4.69, 9.17) is 23.2 Å². The van der Waals surface area contributed by atoms with Crippen molar-refractivity contribution in [3.05, 3.63) is 155 Å². The zero-order valence-corrected chi connectivity index (χ0v) is 28.3. The van der Waals surface area contributed by atoms with Crippen LogP contribution in [0.5, 0.6) is 0 Å². The van der Waals surface area contributed by atoms with Crippen molar-refractivity contribution in [2.75, 3.05) is 0 Å². The van der Waals surface area contributed by atoms with Gasteiger partial charge in [-0.2, -0.15) is 0 Å². The summed E-state index contributed by atoms with van der Waals surface area (Å²) < 4.78 is -1.44. The Morgan fingerprint density at radius 1 is 0.422 bits per heavy atom. The molecule has 2 unspecified atom stereocenters. The van der Waals surface area contributed by atoms with Crippen molar-refractivity contribution in [2.45, 2.75) is 36.7 Å². The third-order valence-electron chi connectivity index (χ3n) is 10.3. The van der Waals surface area contributed by atoms with E-state index in [0.717, 1.165) is 11.1 Å². The van der Waals surface area contributed by atoms with Crippen LogP contribution >= 0.6 is 23.2 Å². The fourth-order valence-corrected chi connectivity index (χ4v) is 11.2. The summed E-state index contributed by atoms with van der Waals surface area (Å²) in [5.74, 6) is 0. The van der Waals surface area contributed by atoms with Crippen LogP contribution in [0.25, 0.3) is 54.9 Å². The number of allylic oxidation sites excluding steroid dienone is 4. The number of hydrogen-bond donors (Lipinski definition) is 0. The number of benzene rings is 6. The molecule has 2 aliphatic carbocycles. The molecule has 0 aliphatic heterocycles. The second-order valence-corrected chi connectivity index (χ2v) is 16.0. The van der Waals surface area contributed by atoms with E-state index >= 15 is 0 Å². The maximum absolute atomic E-state index is 7.96. The Balaban J connectivity index is 1.29. The normalized spacial score (nSPS) is 20.8. The fraction of sp³-hybridized carbons (Fsp3) is 0.143. The minimum absolute atomic E-state index is 0.198. The Morgan fingerprint density at radius 3 is 1.22 bits per heavy atom. The minimum atomic E-state index is -0.722. The first-order valence-corrected chi connectivity index (χ1v) is 17.3. The van der Waals surface area contributed by atoms with Gasteiger partial charge in [0.05, 0.1) is 8.99 Å². The molecule has 0 N–H and O–H groups in total. The summed E-state index contributed by atoms with van der Waals surface area (Å²) in [6.45, 7) is 8.87. The van der Waals surface area contributed by atoms with E-state index < -0.39 is 8.99 Å². The summed E-state index contributed by atoms with van der Waals surface area (Å²) >= 11 is 15.9. The summed E-state index contributed by atoms with van der Waals surface area (Å²) in [5, 5.41) is 4.98. The van der Waals surface area contributed by atoms with E-state index in [1.807, 2.05) is 0 Å². The lowest BCUT2D eigenvalue weighted by Gasteiger charge is -2.35. The number of rotatable bonds is 4. The fourth-order valence-electron chi connectivity index (χ4n) is 7.71. The molecule has 0 aromatic heterocycles. The Kier molecular flexibility index (Phi) is 6.56. The highest BCUT2D eigenvalue weighted by Crippen LogP contribution is 2.59. The van der Waals surface area contributed by atoms with Crippen LogP contribution in [0, 0.1) is 0 Å². The van der Waals surface area contributed by atoms with Crippen LogP contribution in [-0.2, 0) is 8.99 Å². The van der Waals surface area contributed by atoms with Crippen molar-refractivity contribution in [1.29, 1.82) is 0 Å². The van der Waals surface area contributed by atoms with E-state index in [-0.39, 0.29) is 9.52 Å². The third-order valence-corrected chi connectivity index (χ3v) is 13.8. The van der Waals surface area contributed by atoms with E-state index in [1.54, 1.807) is 0 Å². The predicted octanol–water partition coefficient (Wildman–Crippen LogP) is 12.1. The van der Waals surface area contributed by atoms with Crippen molar-refractivity contribution >= 4 is 65.4 Å². The van der Waals surface area contributed by atoms with Crippen LogP contribution in [-0.4, -0.2) is 9.52 Å². The number of alkyl halides is 2. The van der Waals surface area contributed by atoms with Crippen LogP contribution in [0.3, 0.4) is 0 Å². The van der Waals surface area contributed by atoms with Gasteiger partial charge in [0.25, 0.3) is 0 Å². The van der Waals surface area contributed by atoms with Crippen molar-refractivity contribution in [2.24, 2.45) is 0 Å². The predicted molar refractivity (Wildman–Crippen MR) is 196 cm³/mol. The SMILES string of the molecule is CC1=C(C)C(Cl)([Si]C2(Cl)C(C)=C(C)c3c(-c4cccc5ccccc45)cccc32)c2cccc(-c3cccc4ccccc34)c21. The molecule has 2 atom stereocenters. The van der Waals surface area contributed by atoms with Crippen LogP contribution < -0.4 is 0 Å². The standard InChI is InChI=1S/C42H32Cl2Si/c1-25-27(3)41(43,37-23-11-21-35(39(25)37)33-19-9-15-29-13-5-7-17-31(29)33)45-42(44)28(4)26(2)40-36(22-12-24-38(40)42)34-20-10-16-30-14-6-8-18-32(30)34/h5-24H,1-4H3. The third kappa shape index (κ3) is 4.04. The van der Waals surface area contributed by atoms with Gasteiger partial charge in [-0.1, -0.05) is 121 Å². The summed E-state index contributed by atoms with van der Waals surface area (Å²) in [6, 6.07) is 43.6. The average Bonchev–Trinajstić information content (AvgIpc) is 3.38. The van der Waals surface area contributed by atoms with E-state index in [0.29, 0.717) is 0 Å². The highest BCUT2D eigenvalue weighted by Gasteiger charge is 2.52. The first-order chi connectivity index (χ1) is 21.7.